The summed E-state index contributed by atoms with van der Waals surface area (Å²) in [6, 6.07) is 8.81. The summed E-state index contributed by atoms with van der Waals surface area (Å²) in [5, 5.41) is 3.73. The maximum atomic E-state index is 12.7. The van der Waals surface area contributed by atoms with Crippen molar-refractivity contribution in [1.29, 1.82) is 0 Å². The Hall–Kier alpha value is -3.78. The highest BCUT2D eigenvalue weighted by Crippen LogP contribution is 2.39. The molecule has 0 aliphatic heterocycles. The van der Waals surface area contributed by atoms with Crippen LogP contribution in [-0.4, -0.2) is 27.0 Å². The largest absolute Gasteiger partial charge is 0.437 e. The van der Waals surface area contributed by atoms with Gasteiger partial charge in [0, 0.05) is 36.3 Å². The quantitative estimate of drug-likeness (QED) is 0.424. The van der Waals surface area contributed by atoms with E-state index in [4.69, 9.17) is 22.1 Å². The summed E-state index contributed by atoms with van der Waals surface area (Å²) in [5.74, 6) is 0.451. The van der Waals surface area contributed by atoms with Crippen molar-refractivity contribution in [2.75, 3.05) is 12.3 Å². The number of aromatic amines is 1. The average molecular weight is 452 g/mol. The third-order valence-corrected chi connectivity index (χ3v) is 5.37. The molecule has 0 atom stereocenters. The molecule has 164 valence electrons. The highest BCUT2D eigenvalue weighted by atomic mass is 35.5. The predicted octanol–water partition coefficient (Wildman–Crippen LogP) is 4.01. The smallest absolute Gasteiger partial charge is 0.274 e. The number of aromatic nitrogens is 3. The van der Waals surface area contributed by atoms with Gasteiger partial charge in [0.05, 0.1) is 16.9 Å². The molecular formula is C23H22ClN5O3. The molecule has 9 heteroatoms. The van der Waals surface area contributed by atoms with Crippen LogP contribution in [-0.2, 0) is 7.05 Å². The van der Waals surface area contributed by atoms with Crippen LogP contribution >= 0.6 is 11.6 Å². The summed E-state index contributed by atoms with van der Waals surface area (Å²) in [6.07, 6.45) is 3.16. The fourth-order valence-corrected chi connectivity index (χ4v) is 3.77. The minimum absolute atomic E-state index is 0.263. The molecule has 8 nitrogen and oxygen atoms in total. The van der Waals surface area contributed by atoms with E-state index in [1.165, 1.54) is 10.8 Å². The zero-order chi connectivity index (χ0) is 23.0. The number of hydrogen-bond acceptors (Lipinski definition) is 5. The number of benzene rings is 1. The van der Waals surface area contributed by atoms with Gasteiger partial charge in [-0.3, -0.25) is 9.59 Å². The van der Waals surface area contributed by atoms with Gasteiger partial charge < -0.3 is 25.3 Å². The van der Waals surface area contributed by atoms with Gasteiger partial charge in [0.25, 0.3) is 11.5 Å². The number of aryl methyl sites for hydroxylation is 2. The molecule has 0 fully saturated rings. The fraction of sp³-hybridized carbons (Fsp3) is 0.174. The van der Waals surface area contributed by atoms with Crippen LogP contribution in [0.4, 0.5) is 5.69 Å². The number of nitrogens with one attached hydrogen (secondary N) is 2. The van der Waals surface area contributed by atoms with E-state index in [1.54, 1.807) is 31.4 Å². The number of nitrogens with zero attached hydrogens (tertiary/aromatic N) is 2. The number of carbonyl (C=O) groups is 1. The van der Waals surface area contributed by atoms with Crippen LogP contribution in [0.3, 0.4) is 0 Å². The summed E-state index contributed by atoms with van der Waals surface area (Å²) in [7, 11) is 1.64. The van der Waals surface area contributed by atoms with E-state index < -0.39 is 0 Å². The van der Waals surface area contributed by atoms with Crippen LogP contribution in [0.5, 0.6) is 11.6 Å². The Morgan fingerprint density at radius 2 is 2.09 bits per heavy atom. The second-order valence-electron chi connectivity index (χ2n) is 7.40. The lowest BCUT2D eigenvalue weighted by Gasteiger charge is -2.15. The molecule has 0 bridgehead atoms. The Labute approximate surface area is 189 Å². The number of nitrogen functional groups attached to an aromatic ring is 1. The molecule has 0 aliphatic rings. The van der Waals surface area contributed by atoms with Crippen LogP contribution in [0.25, 0.3) is 22.0 Å². The number of anilines is 1. The third kappa shape index (κ3) is 3.80. The number of halogens is 1. The van der Waals surface area contributed by atoms with E-state index >= 15 is 0 Å². The Balaban J connectivity index is 1.95. The predicted molar refractivity (Wildman–Crippen MR) is 125 cm³/mol. The first-order chi connectivity index (χ1) is 15.3. The van der Waals surface area contributed by atoms with Crippen LogP contribution in [0.2, 0.25) is 5.02 Å². The monoisotopic (exact) mass is 451 g/mol. The number of rotatable bonds is 5. The minimum Gasteiger partial charge on any atom is -0.437 e. The van der Waals surface area contributed by atoms with Gasteiger partial charge in [0.1, 0.15) is 11.2 Å². The van der Waals surface area contributed by atoms with Crippen LogP contribution in [0, 0.1) is 6.92 Å². The number of H-pyrrole nitrogens is 1. The van der Waals surface area contributed by atoms with Crippen molar-refractivity contribution in [2.45, 2.75) is 13.8 Å². The van der Waals surface area contributed by atoms with Crippen molar-refractivity contribution < 1.29 is 9.53 Å². The van der Waals surface area contributed by atoms with Gasteiger partial charge in [0.2, 0.25) is 5.88 Å². The zero-order valence-electron chi connectivity index (χ0n) is 17.8. The number of nitrogens with two attached hydrogens (primary N) is 1. The topological polar surface area (TPSA) is 115 Å². The first-order valence-corrected chi connectivity index (χ1v) is 10.4. The number of carbonyl (C=O) groups excluding carboxylic acids is 1. The number of pyridine rings is 2. The van der Waals surface area contributed by atoms with Crippen molar-refractivity contribution in [1.82, 2.24) is 19.9 Å². The van der Waals surface area contributed by atoms with Crippen molar-refractivity contribution >= 4 is 34.1 Å². The molecule has 1 aromatic carbocycles. The molecule has 0 spiro atoms. The fourth-order valence-electron chi connectivity index (χ4n) is 3.51. The summed E-state index contributed by atoms with van der Waals surface area (Å²) in [6.45, 7) is 4.17. The minimum atomic E-state index is -0.300. The first-order valence-electron chi connectivity index (χ1n) is 9.99. The second kappa shape index (κ2) is 8.39. The van der Waals surface area contributed by atoms with Crippen LogP contribution in [0.1, 0.15) is 23.0 Å². The van der Waals surface area contributed by atoms with Gasteiger partial charge >= 0.3 is 0 Å². The number of para-hydroxylation sites is 1. The van der Waals surface area contributed by atoms with E-state index in [1.807, 2.05) is 26.0 Å². The number of hydrogen-bond donors (Lipinski definition) is 3. The number of amides is 1. The summed E-state index contributed by atoms with van der Waals surface area (Å²) in [5.41, 5.74) is 8.82. The van der Waals surface area contributed by atoms with E-state index in [-0.39, 0.29) is 23.0 Å². The molecule has 4 aromatic rings. The Bertz CT molecular complexity index is 1390. The van der Waals surface area contributed by atoms with Gasteiger partial charge in [-0.2, -0.15) is 0 Å². The van der Waals surface area contributed by atoms with E-state index in [9.17, 15) is 9.59 Å². The van der Waals surface area contributed by atoms with Gasteiger partial charge in [-0.1, -0.05) is 23.7 Å². The Morgan fingerprint density at radius 1 is 1.31 bits per heavy atom. The molecule has 0 unspecified atom stereocenters. The number of ether oxygens (including phenoxy) is 1. The van der Waals surface area contributed by atoms with Gasteiger partial charge in [0.15, 0.2) is 5.75 Å². The normalized spacial score (nSPS) is 11.0. The summed E-state index contributed by atoms with van der Waals surface area (Å²) in [4.78, 5) is 32.4. The summed E-state index contributed by atoms with van der Waals surface area (Å²) < 4.78 is 7.55. The SMILES string of the molecule is CCNC(=O)c1cc2c(-c3cc(N)cnc3Oc3c(C)cccc3Cl)cn(C)c(=O)c2[nH]1. The van der Waals surface area contributed by atoms with Gasteiger partial charge in [-0.25, -0.2) is 4.98 Å². The maximum Gasteiger partial charge on any atom is 0.274 e. The molecule has 0 saturated carbocycles. The second-order valence-corrected chi connectivity index (χ2v) is 7.81. The third-order valence-electron chi connectivity index (χ3n) is 5.07. The van der Waals surface area contributed by atoms with E-state index in [0.717, 1.165) is 5.56 Å². The number of fused-ring (bicyclic) bond motifs is 1. The standard InChI is InChI=1S/C23H22ClN5O3/c1-4-26-21(30)18-9-14-16(11-29(3)23(31)19(14)28-18)15-8-13(25)10-27-22(15)32-20-12(2)6-5-7-17(20)24/h5-11,28H,4,25H2,1-3H3,(H,26,30). The molecular weight excluding hydrogens is 430 g/mol. The lowest BCUT2D eigenvalue weighted by Crippen LogP contribution is -2.23. The van der Waals surface area contributed by atoms with Gasteiger partial charge in [-0.15, -0.1) is 0 Å². The van der Waals surface area contributed by atoms with Crippen LogP contribution in [0.15, 0.2) is 47.5 Å². The summed E-state index contributed by atoms with van der Waals surface area (Å²) >= 11 is 6.35. The molecule has 1 amide bonds. The van der Waals surface area contributed by atoms with Gasteiger partial charge in [-0.05, 0) is 37.6 Å². The molecule has 0 radical (unpaired) electrons. The van der Waals surface area contributed by atoms with Crippen molar-refractivity contribution in [2.24, 2.45) is 7.05 Å². The highest BCUT2D eigenvalue weighted by Gasteiger charge is 2.20. The molecule has 32 heavy (non-hydrogen) atoms. The van der Waals surface area contributed by atoms with Crippen molar-refractivity contribution in [3.05, 3.63) is 69.4 Å². The molecule has 3 heterocycles. The molecule has 4 N–H and O–H groups in total. The highest BCUT2D eigenvalue weighted by molar-refractivity contribution is 6.32. The van der Waals surface area contributed by atoms with Crippen molar-refractivity contribution in [3.63, 3.8) is 0 Å². The first kappa shape index (κ1) is 21.5. The average Bonchev–Trinajstić information content (AvgIpc) is 3.20. The Morgan fingerprint density at radius 3 is 2.81 bits per heavy atom. The molecule has 0 aliphatic carbocycles. The van der Waals surface area contributed by atoms with E-state index in [2.05, 4.69) is 15.3 Å². The molecule has 3 aromatic heterocycles. The lowest BCUT2D eigenvalue weighted by atomic mass is 10.0. The Kier molecular flexibility index (Phi) is 5.63. The van der Waals surface area contributed by atoms with E-state index in [0.29, 0.717) is 45.0 Å². The molecule has 4 rings (SSSR count). The zero-order valence-corrected chi connectivity index (χ0v) is 18.6. The lowest BCUT2D eigenvalue weighted by molar-refractivity contribution is 0.0951. The maximum absolute atomic E-state index is 12.7. The van der Waals surface area contributed by atoms with Crippen LogP contribution < -0.4 is 21.3 Å². The molecule has 0 saturated heterocycles. The van der Waals surface area contributed by atoms with Crippen molar-refractivity contribution in [3.8, 4) is 22.8 Å².